The van der Waals surface area contributed by atoms with E-state index in [1.807, 2.05) is 13.1 Å². The van der Waals surface area contributed by atoms with E-state index in [1.54, 1.807) is 21.8 Å². The molecule has 0 bridgehead atoms. The van der Waals surface area contributed by atoms with Crippen LogP contribution < -0.4 is 21.1 Å². The van der Waals surface area contributed by atoms with E-state index in [0.717, 1.165) is 37.8 Å². The third-order valence-electron chi connectivity index (χ3n) is 5.31. The van der Waals surface area contributed by atoms with Gasteiger partial charge in [-0.3, -0.25) is 9.58 Å². The summed E-state index contributed by atoms with van der Waals surface area (Å²) in [6, 6.07) is 6.25. The van der Waals surface area contributed by atoms with Crippen molar-refractivity contribution in [2.75, 3.05) is 4.90 Å². The third kappa shape index (κ3) is 3.28. The van der Waals surface area contributed by atoms with E-state index in [2.05, 4.69) is 15.1 Å². The van der Waals surface area contributed by atoms with Crippen molar-refractivity contribution in [3.8, 4) is 5.75 Å². The van der Waals surface area contributed by atoms with Crippen LogP contribution in [0, 0.1) is 5.82 Å². The van der Waals surface area contributed by atoms with Crippen LogP contribution in [-0.4, -0.2) is 27.4 Å². The molecule has 1 spiro atoms. The minimum atomic E-state index is -0.660. The highest BCUT2D eigenvalue weighted by Gasteiger charge is 2.43. The summed E-state index contributed by atoms with van der Waals surface area (Å²) in [5.41, 5.74) is 12.9. The smallest absolute Gasteiger partial charge is 0.220 e. The van der Waals surface area contributed by atoms with E-state index < -0.39 is 5.66 Å². The second kappa shape index (κ2) is 7.14. The van der Waals surface area contributed by atoms with Gasteiger partial charge in [0, 0.05) is 19.3 Å². The molecule has 4 rings (SSSR count). The number of ether oxygens (including phenoxy) is 1. The summed E-state index contributed by atoms with van der Waals surface area (Å²) in [6.07, 6.45) is 6.33. The Morgan fingerprint density at radius 3 is 2.68 bits per heavy atom. The molecule has 0 unspecified atom stereocenters. The lowest BCUT2D eigenvalue weighted by Gasteiger charge is -2.45. The summed E-state index contributed by atoms with van der Waals surface area (Å²) in [5, 5.41) is 4.14. The van der Waals surface area contributed by atoms with Gasteiger partial charge in [0.2, 0.25) is 11.9 Å². The van der Waals surface area contributed by atoms with E-state index in [9.17, 15) is 4.39 Å². The second-order valence-corrected chi connectivity index (χ2v) is 7.17. The maximum Gasteiger partial charge on any atom is 0.220 e. The van der Waals surface area contributed by atoms with E-state index in [0.29, 0.717) is 18.0 Å². The zero-order valence-electron chi connectivity index (χ0n) is 15.8. The van der Waals surface area contributed by atoms with Crippen molar-refractivity contribution in [3.05, 3.63) is 42.0 Å². The molecule has 1 fully saturated rings. The standard InChI is InChI=1S/C19H24FN7O/c1-26-14(7-10-23-26)12-28-16-6-5-13(20)11-15(16)27-18(22)24-17(21)25-19(27)8-3-2-4-9-19/h5-7,10-11H,2-4,8-9,12H2,1H3,(H4,21,22,24,25). The van der Waals surface area contributed by atoms with Gasteiger partial charge in [-0.2, -0.15) is 10.1 Å². The number of rotatable bonds is 4. The number of nitrogens with two attached hydrogens (primary N) is 2. The fourth-order valence-corrected chi connectivity index (χ4v) is 3.95. The maximum absolute atomic E-state index is 14.2. The molecule has 0 atom stereocenters. The third-order valence-corrected chi connectivity index (χ3v) is 5.31. The van der Waals surface area contributed by atoms with E-state index >= 15 is 0 Å². The van der Waals surface area contributed by atoms with Gasteiger partial charge in [0.1, 0.15) is 23.8 Å². The maximum atomic E-state index is 14.2. The van der Waals surface area contributed by atoms with Crippen molar-refractivity contribution in [1.82, 2.24) is 9.78 Å². The molecule has 2 heterocycles. The molecule has 0 amide bonds. The van der Waals surface area contributed by atoms with Gasteiger partial charge in [-0.05, 0) is 43.9 Å². The highest BCUT2D eigenvalue weighted by Crippen LogP contribution is 2.43. The zero-order valence-corrected chi connectivity index (χ0v) is 15.8. The first-order valence-electron chi connectivity index (χ1n) is 9.37. The average molecular weight is 385 g/mol. The fraction of sp³-hybridized carbons (Fsp3) is 0.421. The first-order valence-corrected chi connectivity index (χ1v) is 9.37. The van der Waals surface area contributed by atoms with E-state index in [-0.39, 0.29) is 17.7 Å². The van der Waals surface area contributed by atoms with Crippen molar-refractivity contribution >= 4 is 17.6 Å². The molecule has 2 aromatic rings. The first kappa shape index (κ1) is 18.3. The van der Waals surface area contributed by atoms with Crippen molar-refractivity contribution < 1.29 is 9.13 Å². The molecule has 1 aromatic heterocycles. The quantitative estimate of drug-likeness (QED) is 0.839. The lowest BCUT2D eigenvalue weighted by molar-refractivity contribution is 0.283. The number of hydrogen-bond donors (Lipinski definition) is 2. The van der Waals surface area contributed by atoms with E-state index in [1.165, 1.54) is 12.1 Å². The van der Waals surface area contributed by atoms with Crippen LogP contribution in [-0.2, 0) is 13.7 Å². The van der Waals surface area contributed by atoms with Crippen LogP contribution in [0.4, 0.5) is 10.1 Å². The van der Waals surface area contributed by atoms with Crippen LogP contribution in [0.2, 0.25) is 0 Å². The van der Waals surface area contributed by atoms with Crippen LogP contribution in [0.1, 0.15) is 37.8 Å². The molecular formula is C19H24FN7O. The summed E-state index contributed by atoms with van der Waals surface area (Å²) in [4.78, 5) is 10.6. The average Bonchev–Trinajstić information content (AvgIpc) is 3.06. The molecule has 4 N–H and O–H groups in total. The predicted molar refractivity (Wildman–Crippen MR) is 105 cm³/mol. The molecule has 28 heavy (non-hydrogen) atoms. The van der Waals surface area contributed by atoms with Gasteiger partial charge in [0.15, 0.2) is 0 Å². The van der Waals surface area contributed by atoms with Gasteiger partial charge < -0.3 is 16.2 Å². The number of benzene rings is 1. The minimum absolute atomic E-state index is 0.157. The predicted octanol–water partition coefficient (Wildman–Crippen LogP) is 2.25. The van der Waals surface area contributed by atoms with Gasteiger partial charge in [-0.1, -0.05) is 6.42 Å². The number of guanidine groups is 2. The van der Waals surface area contributed by atoms with Crippen molar-refractivity contribution in [3.63, 3.8) is 0 Å². The molecule has 1 aliphatic carbocycles. The summed E-state index contributed by atoms with van der Waals surface area (Å²) >= 11 is 0. The normalized spacial score (nSPS) is 18.7. The van der Waals surface area contributed by atoms with Gasteiger partial charge >= 0.3 is 0 Å². The fourth-order valence-electron chi connectivity index (χ4n) is 3.95. The molecule has 1 aromatic carbocycles. The van der Waals surface area contributed by atoms with Gasteiger partial charge in [0.25, 0.3) is 0 Å². The molecule has 148 valence electrons. The Balaban J connectivity index is 1.73. The number of hydrogen-bond acceptors (Lipinski definition) is 7. The number of aromatic nitrogens is 2. The number of halogens is 1. The van der Waals surface area contributed by atoms with Crippen molar-refractivity contribution in [1.29, 1.82) is 0 Å². The van der Waals surface area contributed by atoms with Crippen LogP contribution >= 0.6 is 0 Å². The van der Waals surface area contributed by atoms with Gasteiger partial charge in [-0.15, -0.1) is 0 Å². The summed E-state index contributed by atoms with van der Waals surface area (Å²) in [7, 11) is 1.84. The van der Waals surface area contributed by atoms with Crippen molar-refractivity contribution in [2.45, 2.75) is 44.4 Å². The zero-order chi connectivity index (χ0) is 19.7. The molecule has 1 saturated carbocycles. The molecule has 9 heteroatoms. The van der Waals surface area contributed by atoms with Crippen LogP contribution in [0.15, 0.2) is 40.4 Å². The highest BCUT2D eigenvalue weighted by molar-refractivity contribution is 6.06. The minimum Gasteiger partial charge on any atom is -0.485 e. The number of anilines is 1. The largest absolute Gasteiger partial charge is 0.485 e. The molecule has 1 aliphatic heterocycles. The number of aryl methyl sites for hydroxylation is 1. The summed E-state index contributed by atoms with van der Waals surface area (Å²) in [6.45, 7) is 0.290. The van der Waals surface area contributed by atoms with Crippen LogP contribution in [0.5, 0.6) is 5.75 Å². The Hall–Kier alpha value is -3.10. The summed E-state index contributed by atoms with van der Waals surface area (Å²) < 4.78 is 22.0. The highest BCUT2D eigenvalue weighted by atomic mass is 19.1. The van der Waals surface area contributed by atoms with E-state index in [4.69, 9.17) is 16.2 Å². The lowest BCUT2D eigenvalue weighted by Crippen LogP contribution is -2.58. The Morgan fingerprint density at radius 1 is 1.18 bits per heavy atom. The first-order chi connectivity index (χ1) is 13.5. The molecule has 8 nitrogen and oxygen atoms in total. The molecule has 2 aliphatic rings. The van der Waals surface area contributed by atoms with Crippen LogP contribution in [0.25, 0.3) is 0 Å². The second-order valence-electron chi connectivity index (χ2n) is 7.17. The Morgan fingerprint density at radius 2 is 1.96 bits per heavy atom. The Labute approximate surface area is 162 Å². The van der Waals surface area contributed by atoms with Crippen molar-refractivity contribution in [2.24, 2.45) is 28.5 Å². The monoisotopic (exact) mass is 385 g/mol. The van der Waals surface area contributed by atoms with Crippen LogP contribution in [0.3, 0.4) is 0 Å². The molecular weight excluding hydrogens is 361 g/mol. The SMILES string of the molecule is Cn1nccc1COc1ccc(F)cc1N1C(N)=NC(N)=NC12CCCCC2. The lowest BCUT2D eigenvalue weighted by atomic mass is 9.87. The molecule has 0 saturated heterocycles. The summed E-state index contributed by atoms with van der Waals surface area (Å²) in [5.74, 6) is 0.473. The van der Waals surface area contributed by atoms with Gasteiger partial charge in [-0.25, -0.2) is 9.38 Å². The Bertz CT molecular complexity index is 930. The number of aliphatic imine (C=N–C) groups is 2. The Kier molecular flexibility index (Phi) is 4.66. The molecule has 0 radical (unpaired) electrons. The topological polar surface area (TPSA) is 107 Å². The number of nitrogens with zero attached hydrogens (tertiary/aromatic N) is 5. The van der Waals surface area contributed by atoms with Gasteiger partial charge in [0.05, 0.1) is 11.4 Å².